The summed E-state index contributed by atoms with van der Waals surface area (Å²) in [6, 6.07) is 16.1. The number of aliphatic hydroxyl groups excluding tert-OH is 1. The first-order chi connectivity index (χ1) is 18.2. The lowest BCUT2D eigenvalue weighted by Crippen LogP contribution is -2.54. The summed E-state index contributed by atoms with van der Waals surface area (Å²) in [5.74, 6) is -3.90. The van der Waals surface area contributed by atoms with Crippen molar-refractivity contribution in [3.8, 4) is 11.1 Å². The number of nitrogens with one attached hydrogen (secondary N) is 2. The van der Waals surface area contributed by atoms with Gasteiger partial charge in [0, 0.05) is 11.6 Å². The Bertz CT molecular complexity index is 1390. The molecule has 1 aliphatic heterocycles. The molecule has 2 aliphatic rings. The number of halogens is 2. The van der Waals surface area contributed by atoms with Gasteiger partial charge in [-0.15, -0.1) is 0 Å². The lowest BCUT2D eigenvalue weighted by atomic mass is 9.88. The van der Waals surface area contributed by atoms with Crippen LogP contribution in [-0.2, 0) is 14.4 Å². The number of para-hydroxylation sites is 1. The van der Waals surface area contributed by atoms with Gasteiger partial charge >= 0.3 is 0 Å². The van der Waals surface area contributed by atoms with Crippen molar-refractivity contribution in [3.63, 3.8) is 0 Å². The van der Waals surface area contributed by atoms with E-state index in [1.807, 2.05) is 36.4 Å². The first-order valence-corrected chi connectivity index (χ1v) is 12.5. The van der Waals surface area contributed by atoms with Crippen LogP contribution in [0.2, 0.25) is 0 Å². The van der Waals surface area contributed by atoms with Crippen LogP contribution < -0.4 is 15.8 Å². The molecule has 3 amide bonds. The van der Waals surface area contributed by atoms with Gasteiger partial charge in [0.25, 0.3) is 17.7 Å². The molecule has 5 rings (SSSR count). The fourth-order valence-electron chi connectivity index (χ4n) is 4.83. The van der Waals surface area contributed by atoms with E-state index in [4.69, 9.17) is 0 Å². The van der Waals surface area contributed by atoms with Crippen LogP contribution in [0.25, 0.3) is 11.1 Å². The Balaban J connectivity index is 1.38. The quantitative estimate of drug-likeness (QED) is 0.437. The van der Waals surface area contributed by atoms with E-state index in [9.17, 15) is 28.3 Å². The Kier molecular flexibility index (Phi) is 6.94. The largest absolute Gasteiger partial charge is 0.378 e. The zero-order valence-electron chi connectivity index (χ0n) is 20.7. The molecule has 7 nitrogen and oxygen atoms in total. The van der Waals surface area contributed by atoms with Crippen molar-refractivity contribution in [2.75, 3.05) is 5.01 Å². The molecular weight excluding hydrogens is 492 g/mol. The van der Waals surface area contributed by atoms with Crippen molar-refractivity contribution in [1.29, 1.82) is 0 Å². The lowest BCUT2D eigenvalue weighted by molar-refractivity contribution is -0.134. The number of hydrogen-bond acceptors (Lipinski definition) is 4. The van der Waals surface area contributed by atoms with Gasteiger partial charge in [-0.3, -0.25) is 19.8 Å². The first kappa shape index (κ1) is 25.5. The van der Waals surface area contributed by atoms with Crippen molar-refractivity contribution in [2.45, 2.75) is 44.2 Å². The lowest BCUT2D eigenvalue weighted by Gasteiger charge is -2.28. The molecule has 196 valence electrons. The summed E-state index contributed by atoms with van der Waals surface area (Å²) >= 11 is 0. The van der Waals surface area contributed by atoms with Gasteiger partial charge in [-0.05, 0) is 54.2 Å². The minimum atomic E-state index is -1.89. The number of amides is 3. The fourth-order valence-corrected chi connectivity index (χ4v) is 4.83. The fraction of sp³-hybridized carbons (Fsp3) is 0.276. The second-order valence-electron chi connectivity index (χ2n) is 9.82. The van der Waals surface area contributed by atoms with E-state index in [0.717, 1.165) is 41.7 Å². The van der Waals surface area contributed by atoms with Gasteiger partial charge in [-0.2, -0.15) is 0 Å². The van der Waals surface area contributed by atoms with Crippen LogP contribution in [0.5, 0.6) is 0 Å². The average Bonchev–Trinajstić information content (AvgIpc) is 3.73. The SMILES string of the molecule is C[C@H](NC(=O)[C@@H](O)c1cc(F)cc(F)c1)C(=O)NN1C(=O)C(CC2CC2)c2ccccc2-c2ccccc21. The Morgan fingerprint density at radius 1 is 0.974 bits per heavy atom. The summed E-state index contributed by atoms with van der Waals surface area (Å²) in [6.45, 7) is 1.39. The highest BCUT2D eigenvalue weighted by molar-refractivity contribution is 6.07. The van der Waals surface area contributed by atoms with E-state index in [0.29, 0.717) is 24.1 Å². The second kappa shape index (κ2) is 10.3. The van der Waals surface area contributed by atoms with E-state index >= 15 is 0 Å². The van der Waals surface area contributed by atoms with Gasteiger partial charge in [0.2, 0.25) is 0 Å². The maximum absolute atomic E-state index is 13.9. The molecule has 0 bridgehead atoms. The molecule has 38 heavy (non-hydrogen) atoms. The summed E-state index contributed by atoms with van der Waals surface area (Å²) in [5, 5.41) is 13.9. The van der Waals surface area contributed by atoms with Crippen molar-refractivity contribution < 1.29 is 28.3 Å². The van der Waals surface area contributed by atoms with Crippen LogP contribution in [-0.4, -0.2) is 28.9 Å². The summed E-state index contributed by atoms with van der Waals surface area (Å²) in [7, 11) is 0. The summed E-state index contributed by atoms with van der Waals surface area (Å²) in [5.41, 5.74) is 5.48. The molecule has 1 saturated carbocycles. The molecule has 0 radical (unpaired) electrons. The van der Waals surface area contributed by atoms with Crippen LogP contribution in [0.3, 0.4) is 0 Å². The number of carbonyl (C=O) groups is 3. The molecule has 0 saturated heterocycles. The zero-order valence-corrected chi connectivity index (χ0v) is 20.7. The minimum absolute atomic E-state index is 0.281. The molecule has 0 spiro atoms. The molecule has 9 heteroatoms. The van der Waals surface area contributed by atoms with E-state index in [1.165, 1.54) is 11.9 Å². The van der Waals surface area contributed by atoms with Gasteiger partial charge in [-0.1, -0.05) is 55.3 Å². The summed E-state index contributed by atoms with van der Waals surface area (Å²) < 4.78 is 27.0. The van der Waals surface area contributed by atoms with Crippen LogP contribution in [0, 0.1) is 17.6 Å². The number of anilines is 1. The molecule has 1 unspecified atom stereocenters. The van der Waals surface area contributed by atoms with Crippen LogP contribution in [0.15, 0.2) is 66.7 Å². The topological polar surface area (TPSA) is 98.7 Å². The monoisotopic (exact) mass is 519 g/mol. The van der Waals surface area contributed by atoms with E-state index in [1.54, 1.807) is 12.1 Å². The normalized spacial score (nSPS) is 18.1. The predicted molar refractivity (Wildman–Crippen MR) is 137 cm³/mol. The highest BCUT2D eigenvalue weighted by atomic mass is 19.1. The number of hydrazine groups is 1. The molecule has 3 aromatic carbocycles. The maximum atomic E-state index is 13.9. The Morgan fingerprint density at radius 2 is 1.61 bits per heavy atom. The molecule has 0 aromatic heterocycles. The van der Waals surface area contributed by atoms with Gasteiger partial charge < -0.3 is 10.4 Å². The zero-order chi connectivity index (χ0) is 27.0. The third-order valence-corrected chi connectivity index (χ3v) is 6.98. The Morgan fingerprint density at radius 3 is 2.29 bits per heavy atom. The predicted octanol–water partition coefficient (Wildman–Crippen LogP) is 4.13. The van der Waals surface area contributed by atoms with Crippen LogP contribution in [0.4, 0.5) is 14.5 Å². The van der Waals surface area contributed by atoms with Crippen molar-refractivity contribution in [2.24, 2.45) is 5.92 Å². The van der Waals surface area contributed by atoms with Gasteiger partial charge in [0.15, 0.2) is 6.10 Å². The van der Waals surface area contributed by atoms with E-state index in [-0.39, 0.29) is 11.5 Å². The van der Waals surface area contributed by atoms with Crippen molar-refractivity contribution in [3.05, 3.63) is 89.5 Å². The summed E-state index contributed by atoms with van der Waals surface area (Å²) in [6.07, 6.45) is 0.893. The van der Waals surface area contributed by atoms with Gasteiger partial charge in [0.05, 0.1) is 11.6 Å². The van der Waals surface area contributed by atoms with Gasteiger partial charge in [-0.25, -0.2) is 13.8 Å². The molecule has 1 aliphatic carbocycles. The number of carbonyl (C=O) groups excluding carboxylic acids is 3. The Hall–Kier alpha value is -4.11. The molecule has 1 fully saturated rings. The number of benzene rings is 3. The smallest absolute Gasteiger partial charge is 0.261 e. The second-order valence-corrected chi connectivity index (χ2v) is 9.82. The Labute approximate surface area is 218 Å². The number of rotatable bonds is 7. The van der Waals surface area contributed by atoms with Crippen LogP contribution >= 0.6 is 0 Å². The van der Waals surface area contributed by atoms with Crippen molar-refractivity contribution >= 4 is 23.4 Å². The molecule has 3 N–H and O–H groups in total. The third kappa shape index (κ3) is 5.15. The summed E-state index contributed by atoms with van der Waals surface area (Å²) in [4.78, 5) is 39.6. The molecular formula is C29H27F2N3O4. The number of aliphatic hydroxyl groups is 1. The number of hydrogen-bond donors (Lipinski definition) is 3. The maximum Gasteiger partial charge on any atom is 0.261 e. The number of nitrogens with zero attached hydrogens (tertiary/aromatic N) is 1. The average molecular weight is 520 g/mol. The molecule has 3 atom stereocenters. The molecule has 1 heterocycles. The van der Waals surface area contributed by atoms with Crippen LogP contribution in [0.1, 0.15) is 49.3 Å². The van der Waals surface area contributed by atoms with Gasteiger partial charge in [0.1, 0.15) is 17.7 Å². The van der Waals surface area contributed by atoms with E-state index < -0.39 is 41.5 Å². The molecule has 3 aromatic rings. The standard InChI is InChI=1S/C29H27F2N3O4/c1-16(32-28(37)26(35)18-13-19(30)15-20(31)14-18)27(36)33-34-25-9-5-4-8-23(25)21-6-2-3-7-22(21)24(29(34)38)12-17-10-11-17/h2-9,13-17,24,26,35H,10-12H2,1H3,(H,32,37)(H,33,36)/t16-,24?,26-/m0/s1. The first-order valence-electron chi connectivity index (χ1n) is 12.5. The third-order valence-electron chi connectivity index (χ3n) is 6.98. The van der Waals surface area contributed by atoms with Crippen molar-refractivity contribution in [1.82, 2.24) is 10.7 Å². The number of fused-ring (bicyclic) bond motifs is 3. The minimum Gasteiger partial charge on any atom is -0.378 e. The highest BCUT2D eigenvalue weighted by Crippen LogP contribution is 2.45. The van der Waals surface area contributed by atoms with E-state index in [2.05, 4.69) is 10.7 Å². The highest BCUT2D eigenvalue weighted by Gasteiger charge is 2.38.